The van der Waals surface area contributed by atoms with E-state index in [2.05, 4.69) is 0 Å². The van der Waals surface area contributed by atoms with E-state index < -0.39 is 9.84 Å². The molecule has 2 rings (SSSR count). The molecule has 0 fully saturated rings. The Kier molecular flexibility index (Phi) is 3.77. The fourth-order valence-electron chi connectivity index (χ4n) is 1.78. The van der Waals surface area contributed by atoms with E-state index in [1.54, 1.807) is 0 Å². The molecule has 2 unspecified atom stereocenters. The summed E-state index contributed by atoms with van der Waals surface area (Å²) in [7, 11) is -2.99. The van der Waals surface area contributed by atoms with Gasteiger partial charge in [0.05, 0.1) is 5.75 Å². The summed E-state index contributed by atoms with van der Waals surface area (Å²) in [5.41, 5.74) is 5.94. The third-order valence-corrected chi connectivity index (χ3v) is 3.81. The Balaban J connectivity index is 1.96. The van der Waals surface area contributed by atoms with Crippen LogP contribution in [0.3, 0.4) is 0 Å². The zero-order valence-electron chi connectivity index (χ0n) is 10.2. The van der Waals surface area contributed by atoms with Crippen molar-refractivity contribution in [3.63, 3.8) is 0 Å². The van der Waals surface area contributed by atoms with Crippen LogP contribution in [0.4, 0.5) is 0 Å². The molecule has 0 aromatic heterocycles. The Labute approximate surface area is 107 Å². The van der Waals surface area contributed by atoms with Crippen molar-refractivity contribution in [2.45, 2.75) is 18.6 Å². The molecule has 0 radical (unpaired) electrons. The van der Waals surface area contributed by atoms with Gasteiger partial charge in [0.2, 0.25) is 0 Å². The van der Waals surface area contributed by atoms with E-state index in [1.807, 2.05) is 24.3 Å². The van der Waals surface area contributed by atoms with Crippen molar-refractivity contribution < 1.29 is 17.9 Å². The first-order chi connectivity index (χ1) is 8.46. The van der Waals surface area contributed by atoms with E-state index in [1.165, 1.54) is 6.26 Å². The normalized spacial score (nSPS) is 20.4. The van der Waals surface area contributed by atoms with Crippen molar-refractivity contribution >= 4 is 9.84 Å². The quantitative estimate of drug-likeness (QED) is 0.867. The molecule has 1 aliphatic rings. The van der Waals surface area contributed by atoms with Gasteiger partial charge in [-0.15, -0.1) is 0 Å². The molecule has 2 atom stereocenters. The average Bonchev–Trinajstić information content (AvgIpc) is 2.34. The number of benzene rings is 1. The van der Waals surface area contributed by atoms with E-state index in [-0.39, 0.29) is 17.9 Å². The van der Waals surface area contributed by atoms with Crippen molar-refractivity contribution in [3.05, 3.63) is 24.3 Å². The highest BCUT2D eigenvalue weighted by atomic mass is 32.2. The molecule has 18 heavy (non-hydrogen) atoms. The summed E-state index contributed by atoms with van der Waals surface area (Å²) in [6.45, 7) is 0.349. The number of sulfone groups is 1. The zero-order valence-corrected chi connectivity index (χ0v) is 11.0. The maximum atomic E-state index is 11.1. The van der Waals surface area contributed by atoms with Gasteiger partial charge in [-0.3, -0.25) is 0 Å². The molecule has 5 nitrogen and oxygen atoms in total. The fourth-order valence-corrected chi connectivity index (χ4v) is 2.48. The predicted octanol–water partition coefficient (Wildman–Crippen LogP) is 0.588. The highest BCUT2D eigenvalue weighted by molar-refractivity contribution is 7.90. The van der Waals surface area contributed by atoms with Gasteiger partial charge in [-0.25, -0.2) is 8.42 Å². The molecule has 1 aromatic carbocycles. The molecular formula is C12H17NO4S. The van der Waals surface area contributed by atoms with Crippen LogP contribution < -0.4 is 15.2 Å². The number of hydrogen-bond acceptors (Lipinski definition) is 5. The standard InChI is InChI=1S/C12H17NO4S/c1-18(14,15)7-6-9(13)12-8-16-10-4-2-3-5-11(10)17-12/h2-5,9,12H,6-8,13H2,1H3. The molecule has 0 spiro atoms. The Bertz CT molecular complexity index is 515. The SMILES string of the molecule is CS(=O)(=O)CCC(N)C1COc2ccccc2O1. The third-order valence-electron chi connectivity index (χ3n) is 2.83. The highest BCUT2D eigenvalue weighted by Crippen LogP contribution is 2.31. The summed E-state index contributed by atoms with van der Waals surface area (Å²) in [6, 6.07) is 7.00. The second-order valence-corrected chi connectivity index (χ2v) is 6.76. The van der Waals surface area contributed by atoms with Gasteiger partial charge < -0.3 is 15.2 Å². The van der Waals surface area contributed by atoms with Gasteiger partial charge in [-0.1, -0.05) is 12.1 Å². The lowest BCUT2D eigenvalue weighted by atomic mass is 10.1. The Hall–Kier alpha value is -1.27. The Morgan fingerprint density at radius 1 is 1.39 bits per heavy atom. The molecule has 2 N–H and O–H groups in total. The number of nitrogens with two attached hydrogens (primary N) is 1. The van der Waals surface area contributed by atoms with E-state index in [0.29, 0.717) is 24.5 Å². The Morgan fingerprint density at radius 2 is 2.06 bits per heavy atom. The van der Waals surface area contributed by atoms with Crippen molar-refractivity contribution in [1.82, 2.24) is 0 Å². The van der Waals surface area contributed by atoms with Gasteiger partial charge in [0, 0.05) is 12.3 Å². The maximum absolute atomic E-state index is 11.1. The van der Waals surface area contributed by atoms with Crippen LogP contribution in [-0.2, 0) is 9.84 Å². The van der Waals surface area contributed by atoms with Crippen LogP contribution in [0, 0.1) is 0 Å². The lowest BCUT2D eigenvalue weighted by molar-refractivity contribution is 0.0715. The predicted molar refractivity (Wildman–Crippen MR) is 68.7 cm³/mol. The monoisotopic (exact) mass is 271 g/mol. The van der Waals surface area contributed by atoms with Crippen LogP contribution in [0.15, 0.2) is 24.3 Å². The number of ether oxygens (including phenoxy) is 2. The molecule has 0 saturated carbocycles. The third kappa shape index (κ3) is 3.36. The van der Waals surface area contributed by atoms with Crippen LogP contribution in [0.1, 0.15) is 6.42 Å². The number of para-hydroxylation sites is 2. The van der Waals surface area contributed by atoms with E-state index in [4.69, 9.17) is 15.2 Å². The summed E-state index contributed by atoms with van der Waals surface area (Å²) in [6.07, 6.45) is 1.27. The maximum Gasteiger partial charge on any atom is 0.161 e. The molecule has 6 heteroatoms. The van der Waals surface area contributed by atoms with Crippen LogP contribution >= 0.6 is 0 Å². The minimum absolute atomic E-state index is 0.0652. The zero-order chi connectivity index (χ0) is 13.2. The van der Waals surface area contributed by atoms with Gasteiger partial charge in [0.1, 0.15) is 22.5 Å². The van der Waals surface area contributed by atoms with Crippen LogP contribution in [0.25, 0.3) is 0 Å². The summed E-state index contributed by atoms with van der Waals surface area (Å²) in [5, 5.41) is 0. The molecule has 1 aromatic rings. The first-order valence-electron chi connectivity index (χ1n) is 5.77. The van der Waals surface area contributed by atoms with Crippen LogP contribution in [-0.4, -0.2) is 39.2 Å². The van der Waals surface area contributed by atoms with Gasteiger partial charge in [0.15, 0.2) is 11.5 Å². The molecule has 0 amide bonds. The summed E-state index contributed by atoms with van der Waals surface area (Å²) < 4.78 is 33.4. The van der Waals surface area contributed by atoms with E-state index >= 15 is 0 Å². The van der Waals surface area contributed by atoms with Gasteiger partial charge in [-0.05, 0) is 18.6 Å². The lowest BCUT2D eigenvalue weighted by Crippen LogP contribution is -2.45. The number of fused-ring (bicyclic) bond motifs is 1. The molecule has 0 bridgehead atoms. The minimum atomic E-state index is -2.99. The fraction of sp³-hybridized carbons (Fsp3) is 0.500. The molecule has 1 heterocycles. The minimum Gasteiger partial charge on any atom is -0.486 e. The number of hydrogen-bond donors (Lipinski definition) is 1. The lowest BCUT2D eigenvalue weighted by Gasteiger charge is -2.30. The van der Waals surface area contributed by atoms with Gasteiger partial charge in [0.25, 0.3) is 0 Å². The van der Waals surface area contributed by atoms with E-state index in [9.17, 15) is 8.42 Å². The van der Waals surface area contributed by atoms with Crippen molar-refractivity contribution in [3.8, 4) is 11.5 Å². The van der Waals surface area contributed by atoms with Crippen molar-refractivity contribution in [2.24, 2.45) is 5.73 Å². The van der Waals surface area contributed by atoms with Gasteiger partial charge >= 0.3 is 0 Å². The highest BCUT2D eigenvalue weighted by Gasteiger charge is 2.26. The topological polar surface area (TPSA) is 78.6 Å². The Morgan fingerprint density at radius 3 is 2.72 bits per heavy atom. The smallest absolute Gasteiger partial charge is 0.161 e. The first-order valence-corrected chi connectivity index (χ1v) is 7.83. The number of rotatable bonds is 4. The van der Waals surface area contributed by atoms with Crippen LogP contribution in [0.5, 0.6) is 11.5 Å². The summed E-state index contributed by atoms with van der Waals surface area (Å²) in [5.74, 6) is 1.42. The second-order valence-electron chi connectivity index (χ2n) is 4.50. The second kappa shape index (κ2) is 5.16. The average molecular weight is 271 g/mol. The van der Waals surface area contributed by atoms with E-state index in [0.717, 1.165) is 0 Å². The molecule has 100 valence electrons. The molecule has 0 saturated heterocycles. The van der Waals surface area contributed by atoms with Gasteiger partial charge in [-0.2, -0.15) is 0 Å². The molecule has 0 aliphatic carbocycles. The molecule has 1 aliphatic heterocycles. The van der Waals surface area contributed by atoms with Crippen molar-refractivity contribution in [2.75, 3.05) is 18.6 Å². The summed E-state index contributed by atoms with van der Waals surface area (Å²) >= 11 is 0. The summed E-state index contributed by atoms with van der Waals surface area (Å²) in [4.78, 5) is 0. The largest absolute Gasteiger partial charge is 0.486 e. The van der Waals surface area contributed by atoms with Crippen LogP contribution in [0.2, 0.25) is 0 Å². The molecular weight excluding hydrogens is 254 g/mol. The van der Waals surface area contributed by atoms with Crippen molar-refractivity contribution in [1.29, 1.82) is 0 Å². The first kappa shape index (κ1) is 13.2.